The molecule has 3 atom stereocenters. The van der Waals surface area contributed by atoms with Gasteiger partial charge >= 0.3 is 0 Å². The van der Waals surface area contributed by atoms with E-state index in [1.807, 2.05) is 0 Å². The van der Waals surface area contributed by atoms with Gasteiger partial charge in [0.2, 0.25) is 0 Å². The lowest BCUT2D eigenvalue weighted by Crippen LogP contribution is -2.42. The summed E-state index contributed by atoms with van der Waals surface area (Å²) in [6, 6.07) is 0. The Morgan fingerprint density at radius 2 is 2.30 bits per heavy atom. The Balaban J connectivity index is 2.11. The number of fused-ring (bicyclic) bond motifs is 1. The molecule has 0 heteroatoms. The van der Waals surface area contributed by atoms with Gasteiger partial charge in [0, 0.05) is 0 Å². The van der Waals surface area contributed by atoms with Crippen LogP contribution in [0.2, 0.25) is 0 Å². The third kappa shape index (κ3) is 0.627. The monoisotopic (exact) mass is 138 g/mol. The van der Waals surface area contributed by atoms with E-state index in [4.69, 9.17) is 0 Å². The van der Waals surface area contributed by atoms with Crippen molar-refractivity contribution in [3.63, 3.8) is 0 Å². The van der Waals surface area contributed by atoms with Crippen molar-refractivity contribution in [1.29, 1.82) is 0 Å². The Morgan fingerprint density at radius 3 is 2.80 bits per heavy atom. The Hall–Kier alpha value is 0. The minimum absolute atomic E-state index is 0.847. The molecule has 10 heavy (non-hydrogen) atoms. The average molecular weight is 138 g/mol. The van der Waals surface area contributed by atoms with Crippen molar-refractivity contribution in [1.82, 2.24) is 0 Å². The molecule has 3 unspecified atom stereocenters. The van der Waals surface area contributed by atoms with Crippen molar-refractivity contribution < 1.29 is 0 Å². The lowest BCUT2D eigenvalue weighted by Gasteiger charge is -2.50. The summed E-state index contributed by atoms with van der Waals surface area (Å²) in [5.41, 5.74) is 0.847. The van der Waals surface area contributed by atoms with Crippen LogP contribution in [-0.2, 0) is 0 Å². The summed E-state index contributed by atoms with van der Waals surface area (Å²) in [4.78, 5) is 0. The highest BCUT2D eigenvalue weighted by molar-refractivity contribution is 5.02. The molecule has 0 heterocycles. The predicted octanol–water partition coefficient (Wildman–Crippen LogP) is 3.22. The van der Waals surface area contributed by atoms with E-state index in [9.17, 15) is 0 Å². The van der Waals surface area contributed by atoms with Crippen LogP contribution < -0.4 is 0 Å². The summed E-state index contributed by atoms with van der Waals surface area (Å²) < 4.78 is 0. The number of rotatable bonds is 1. The summed E-state index contributed by atoms with van der Waals surface area (Å²) in [5, 5.41) is 0. The molecule has 2 aliphatic rings. The van der Waals surface area contributed by atoms with Crippen LogP contribution in [0.5, 0.6) is 0 Å². The third-order valence-corrected chi connectivity index (χ3v) is 4.10. The summed E-state index contributed by atoms with van der Waals surface area (Å²) in [7, 11) is 0. The summed E-state index contributed by atoms with van der Waals surface area (Å²) in [5.74, 6) is 2.18. The molecule has 0 radical (unpaired) electrons. The Labute approximate surface area is 64.0 Å². The zero-order valence-electron chi connectivity index (χ0n) is 7.19. The van der Waals surface area contributed by atoms with Crippen LogP contribution in [0.15, 0.2) is 0 Å². The average Bonchev–Trinajstić information content (AvgIpc) is 2.26. The summed E-state index contributed by atoms with van der Waals surface area (Å²) in [6.07, 6.45) is 7.58. The molecule has 0 spiro atoms. The van der Waals surface area contributed by atoms with E-state index in [2.05, 4.69) is 13.8 Å². The fourth-order valence-electron chi connectivity index (χ4n) is 3.51. The first-order valence-corrected chi connectivity index (χ1v) is 4.78. The standard InChI is InChI=1S/C10H18/c1-3-10-6-4-5-9(10)8(2)7-10/h8-9H,3-7H2,1-2H3. The van der Waals surface area contributed by atoms with Gasteiger partial charge in [-0.2, -0.15) is 0 Å². The van der Waals surface area contributed by atoms with Crippen LogP contribution in [0.4, 0.5) is 0 Å². The van der Waals surface area contributed by atoms with Gasteiger partial charge in [-0.1, -0.05) is 26.7 Å². The van der Waals surface area contributed by atoms with E-state index in [1.54, 1.807) is 6.42 Å². The Bertz CT molecular complexity index is 139. The van der Waals surface area contributed by atoms with E-state index in [0.717, 1.165) is 17.3 Å². The molecule has 58 valence electrons. The van der Waals surface area contributed by atoms with Gasteiger partial charge in [-0.25, -0.2) is 0 Å². The van der Waals surface area contributed by atoms with Crippen LogP contribution in [0.1, 0.15) is 46.0 Å². The maximum absolute atomic E-state index is 2.43. The Kier molecular flexibility index (Phi) is 1.33. The summed E-state index contributed by atoms with van der Waals surface area (Å²) in [6.45, 7) is 4.81. The van der Waals surface area contributed by atoms with Crippen LogP contribution in [0.3, 0.4) is 0 Å². The second-order valence-electron chi connectivity index (χ2n) is 4.40. The van der Waals surface area contributed by atoms with E-state index < -0.39 is 0 Å². The molecule has 0 amide bonds. The second-order valence-corrected chi connectivity index (χ2v) is 4.40. The molecule has 0 aliphatic heterocycles. The predicted molar refractivity (Wildman–Crippen MR) is 43.8 cm³/mol. The molecule has 0 aromatic carbocycles. The molecule has 0 bridgehead atoms. The van der Waals surface area contributed by atoms with E-state index >= 15 is 0 Å². The van der Waals surface area contributed by atoms with Crippen LogP contribution in [0, 0.1) is 17.3 Å². The molecular weight excluding hydrogens is 120 g/mol. The van der Waals surface area contributed by atoms with Crippen LogP contribution in [0.25, 0.3) is 0 Å². The largest absolute Gasteiger partial charge is 0.0648 e. The second kappa shape index (κ2) is 1.99. The topological polar surface area (TPSA) is 0 Å². The SMILES string of the molecule is CCC12CCCC1C(C)C2. The van der Waals surface area contributed by atoms with Crippen molar-refractivity contribution >= 4 is 0 Å². The highest BCUT2D eigenvalue weighted by atomic mass is 14.6. The Morgan fingerprint density at radius 1 is 1.50 bits per heavy atom. The van der Waals surface area contributed by atoms with Gasteiger partial charge in [0.25, 0.3) is 0 Å². The van der Waals surface area contributed by atoms with Gasteiger partial charge in [-0.05, 0) is 36.5 Å². The number of hydrogen-bond acceptors (Lipinski definition) is 0. The van der Waals surface area contributed by atoms with Gasteiger partial charge in [-0.15, -0.1) is 0 Å². The molecule has 0 nitrogen and oxygen atoms in total. The van der Waals surface area contributed by atoms with Crippen molar-refractivity contribution in [3.8, 4) is 0 Å². The van der Waals surface area contributed by atoms with Gasteiger partial charge in [0.05, 0.1) is 0 Å². The fourth-order valence-corrected chi connectivity index (χ4v) is 3.51. The molecule has 2 aliphatic carbocycles. The maximum Gasteiger partial charge on any atom is -0.0267 e. The first-order chi connectivity index (χ1) is 4.78. The lowest BCUT2D eigenvalue weighted by atomic mass is 9.55. The van der Waals surface area contributed by atoms with E-state index in [1.165, 1.54) is 25.7 Å². The molecule has 2 rings (SSSR count). The van der Waals surface area contributed by atoms with E-state index in [0.29, 0.717) is 0 Å². The van der Waals surface area contributed by atoms with Crippen LogP contribution >= 0.6 is 0 Å². The van der Waals surface area contributed by atoms with Crippen molar-refractivity contribution in [2.24, 2.45) is 17.3 Å². The zero-order valence-corrected chi connectivity index (χ0v) is 7.19. The highest BCUT2D eigenvalue weighted by Crippen LogP contribution is 2.62. The molecule has 2 saturated carbocycles. The normalized spacial score (nSPS) is 52.2. The van der Waals surface area contributed by atoms with Crippen molar-refractivity contribution in [2.45, 2.75) is 46.0 Å². The van der Waals surface area contributed by atoms with Crippen molar-refractivity contribution in [3.05, 3.63) is 0 Å². The lowest BCUT2D eigenvalue weighted by molar-refractivity contribution is -0.00722. The molecule has 0 saturated heterocycles. The minimum Gasteiger partial charge on any atom is -0.0648 e. The van der Waals surface area contributed by atoms with Gasteiger partial charge < -0.3 is 0 Å². The van der Waals surface area contributed by atoms with Gasteiger partial charge in [0.15, 0.2) is 0 Å². The molecular formula is C10H18. The van der Waals surface area contributed by atoms with Gasteiger partial charge in [-0.3, -0.25) is 0 Å². The quantitative estimate of drug-likeness (QED) is 0.522. The smallest absolute Gasteiger partial charge is 0.0267 e. The zero-order chi connectivity index (χ0) is 7.19. The third-order valence-electron chi connectivity index (χ3n) is 4.10. The first kappa shape index (κ1) is 6.69. The molecule has 0 aromatic heterocycles. The van der Waals surface area contributed by atoms with Crippen molar-refractivity contribution in [2.75, 3.05) is 0 Å². The molecule has 0 N–H and O–H groups in total. The summed E-state index contributed by atoms with van der Waals surface area (Å²) >= 11 is 0. The first-order valence-electron chi connectivity index (χ1n) is 4.78. The van der Waals surface area contributed by atoms with E-state index in [-0.39, 0.29) is 0 Å². The highest BCUT2D eigenvalue weighted by Gasteiger charge is 2.52. The minimum atomic E-state index is 0.847. The van der Waals surface area contributed by atoms with Crippen LogP contribution in [-0.4, -0.2) is 0 Å². The number of hydrogen-bond donors (Lipinski definition) is 0. The van der Waals surface area contributed by atoms with Gasteiger partial charge in [0.1, 0.15) is 0 Å². The molecule has 2 fully saturated rings. The fraction of sp³-hybridized carbons (Fsp3) is 1.00. The molecule has 0 aromatic rings. The maximum atomic E-state index is 2.43.